The third-order valence-electron chi connectivity index (χ3n) is 5.11. The first-order chi connectivity index (χ1) is 13.6. The van der Waals surface area contributed by atoms with E-state index in [1.54, 1.807) is 6.07 Å². The number of hydrogen-bond donors (Lipinski definition) is 0. The minimum Gasteiger partial charge on any atom is -0.464 e. The third kappa shape index (κ3) is 3.10. The highest BCUT2D eigenvalue weighted by molar-refractivity contribution is 9.10. The van der Waals surface area contributed by atoms with Crippen LogP contribution in [0.2, 0.25) is 10.0 Å². The molecular weight excluding hydrogens is 459 g/mol. The van der Waals surface area contributed by atoms with Crippen LogP contribution in [0, 0.1) is 0 Å². The maximum Gasteiger partial charge on any atom is 0.215 e. The van der Waals surface area contributed by atoms with E-state index in [0.717, 1.165) is 39.0 Å². The monoisotopic (exact) mass is 472 g/mol. The van der Waals surface area contributed by atoms with Crippen molar-refractivity contribution in [1.82, 2.24) is 5.01 Å². The predicted molar refractivity (Wildman–Crippen MR) is 116 cm³/mol. The van der Waals surface area contributed by atoms with Gasteiger partial charge in [0, 0.05) is 27.0 Å². The first-order valence-electron chi connectivity index (χ1n) is 8.92. The molecule has 140 valence electrons. The molecule has 6 heteroatoms. The minimum atomic E-state index is -0.405. The summed E-state index contributed by atoms with van der Waals surface area (Å²) in [5.41, 5.74) is 4.13. The second kappa shape index (κ2) is 7.11. The van der Waals surface area contributed by atoms with E-state index in [1.165, 1.54) is 0 Å². The molecule has 3 aromatic rings. The standard InChI is InChI=1S/C22H15BrCl2N2O/c23-14-7-5-13(6-8-14)19-12-20-17-3-1-2-4-21(17)28-22(27(20)26-19)16-10-9-15(24)11-18(16)25/h1-11,20,22H,12H2/t20-,22-/m0/s1. The van der Waals surface area contributed by atoms with Crippen LogP contribution in [-0.2, 0) is 0 Å². The Morgan fingerprint density at radius 2 is 1.75 bits per heavy atom. The van der Waals surface area contributed by atoms with Gasteiger partial charge in [0.1, 0.15) is 5.75 Å². The summed E-state index contributed by atoms with van der Waals surface area (Å²) < 4.78 is 7.39. The predicted octanol–water partition coefficient (Wildman–Crippen LogP) is 7.00. The zero-order valence-electron chi connectivity index (χ0n) is 14.6. The summed E-state index contributed by atoms with van der Waals surface area (Å²) in [7, 11) is 0. The normalized spacial score (nSPS) is 20.2. The van der Waals surface area contributed by atoms with E-state index < -0.39 is 6.23 Å². The van der Waals surface area contributed by atoms with Gasteiger partial charge >= 0.3 is 0 Å². The molecule has 0 saturated heterocycles. The van der Waals surface area contributed by atoms with Crippen LogP contribution >= 0.6 is 39.1 Å². The summed E-state index contributed by atoms with van der Waals surface area (Å²) in [4.78, 5) is 0. The van der Waals surface area contributed by atoms with E-state index in [-0.39, 0.29) is 6.04 Å². The average Bonchev–Trinajstić information content (AvgIpc) is 3.14. The van der Waals surface area contributed by atoms with Gasteiger partial charge in [0.15, 0.2) is 0 Å². The Labute approximate surface area is 181 Å². The van der Waals surface area contributed by atoms with Crippen LogP contribution in [0.3, 0.4) is 0 Å². The Morgan fingerprint density at radius 1 is 0.964 bits per heavy atom. The van der Waals surface area contributed by atoms with Gasteiger partial charge in [-0.3, -0.25) is 0 Å². The molecule has 3 aromatic carbocycles. The van der Waals surface area contributed by atoms with Crippen molar-refractivity contribution in [2.75, 3.05) is 0 Å². The van der Waals surface area contributed by atoms with Crippen LogP contribution in [0.5, 0.6) is 5.75 Å². The van der Waals surface area contributed by atoms with Crippen LogP contribution in [0.25, 0.3) is 0 Å². The van der Waals surface area contributed by atoms with E-state index in [0.29, 0.717) is 10.0 Å². The SMILES string of the molecule is Clc1ccc([C@@H]2Oc3ccccc3[C@@H]3CC(c4ccc(Br)cc4)=NN32)c(Cl)c1. The molecule has 0 amide bonds. The number of para-hydroxylation sites is 1. The van der Waals surface area contributed by atoms with Crippen molar-refractivity contribution in [1.29, 1.82) is 0 Å². The Balaban J connectivity index is 1.61. The highest BCUT2D eigenvalue weighted by Crippen LogP contribution is 2.48. The lowest BCUT2D eigenvalue weighted by Gasteiger charge is -2.38. The molecule has 0 aromatic heterocycles. The molecule has 2 aliphatic heterocycles. The number of nitrogens with zero attached hydrogens (tertiary/aromatic N) is 2. The Bertz CT molecular complexity index is 1080. The maximum absolute atomic E-state index is 6.51. The number of hydrogen-bond acceptors (Lipinski definition) is 3. The van der Waals surface area contributed by atoms with Gasteiger partial charge in [-0.1, -0.05) is 75.5 Å². The van der Waals surface area contributed by atoms with Crippen LogP contribution in [0.1, 0.15) is 35.4 Å². The summed E-state index contributed by atoms with van der Waals surface area (Å²) >= 11 is 16.1. The lowest BCUT2D eigenvalue weighted by atomic mass is 9.96. The van der Waals surface area contributed by atoms with Crippen molar-refractivity contribution in [3.8, 4) is 5.75 Å². The summed E-state index contributed by atoms with van der Waals surface area (Å²) in [6, 6.07) is 21.9. The summed E-state index contributed by atoms with van der Waals surface area (Å²) in [6.45, 7) is 0. The molecule has 3 nitrogen and oxygen atoms in total. The summed E-state index contributed by atoms with van der Waals surface area (Å²) in [6.07, 6.45) is 0.404. The van der Waals surface area contributed by atoms with Crippen molar-refractivity contribution in [3.63, 3.8) is 0 Å². The zero-order chi connectivity index (χ0) is 19.3. The Kier molecular flexibility index (Phi) is 4.58. The summed E-state index contributed by atoms with van der Waals surface area (Å²) in [5.74, 6) is 0.868. The fraction of sp³-hybridized carbons (Fsp3) is 0.136. The van der Waals surface area contributed by atoms with Crippen LogP contribution in [-0.4, -0.2) is 10.7 Å². The van der Waals surface area contributed by atoms with Crippen molar-refractivity contribution in [2.24, 2.45) is 5.10 Å². The smallest absolute Gasteiger partial charge is 0.215 e. The molecule has 0 N–H and O–H groups in total. The van der Waals surface area contributed by atoms with Gasteiger partial charge in [0.25, 0.3) is 0 Å². The topological polar surface area (TPSA) is 24.8 Å². The van der Waals surface area contributed by atoms with E-state index >= 15 is 0 Å². The molecule has 0 radical (unpaired) electrons. The molecule has 0 aliphatic carbocycles. The van der Waals surface area contributed by atoms with Crippen LogP contribution in [0.15, 0.2) is 76.3 Å². The fourth-order valence-corrected chi connectivity index (χ4v) is 4.52. The molecule has 0 spiro atoms. The van der Waals surface area contributed by atoms with Crippen LogP contribution < -0.4 is 4.74 Å². The fourth-order valence-electron chi connectivity index (χ4n) is 3.76. The molecule has 2 atom stereocenters. The first-order valence-corrected chi connectivity index (χ1v) is 10.5. The molecule has 28 heavy (non-hydrogen) atoms. The van der Waals surface area contributed by atoms with Crippen molar-refractivity contribution < 1.29 is 4.74 Å². The van der Waals surface area contributed by atoms with Crippen molar-refractivity contribution in [2.45, 2.75) is 18.7 Å². The van der Waals surface area contributed by atoms with Gasteiger partial charge in [0.05, 0.1) is 16.8 Å². The Hall–Kier alpha value is -2.01. The van der Waals surface area contributed by atoms with Gasteiger partial charge in [-0.2, -0.15) is 5.10 Å². The third-order valence-corrected chi connectivity index (χ3v) is 6.20. The quantitative estimate of drug-likeness (QED) is 0.400. The molecule has 0 unspecified atom stereocenters. The highest BCUT2D eigenvalue weighted by atomic mass is 79.9. The molecular formula is C22H15BrCl2N2O. The first kappa shape index (κ1) is 18.0. The molecule has 0 bridgehead atoms. The van der Waals surface area contributed by atoms with Gasteiger partial charge in [0.2, 0.25) is 6.23 Å². The van der Waals surface area contributed by atoms with Gasteiger partial charge in [-0.15, -0.1) is 0 Å². The molecule has 5 rings (SSSR count). The van der Waals surface area contributed by atoms with Crippen LogP contribution in [0.4, 0.5) is 0 Å². The molecule has 2 heterocycles. The maximum atomic E-state index is 6.51. The number of fused-ring (bicyclic) bond motifs is 3. The largest absolute Gasteiger partial charge is 0.464 e. The lowest BCUT2D eigenvalue weighted by Crippen LogP contribution is -2.33. The number of halogens is 3. The molecule has 0 saturated carbocycles. The number of rotatable bonds is 2. The van der Waals surface area contributed by atoms with Crippen molar-refractivity contribution in [3.05, 3.63) is 97.9 Å². The van der Waals surface area contributed by atoms with Crippen molar-refractivity contribution >= 4 is 44.8 Å². The molecule has 2 aliphatic rings. The van der Waals surface area contributed by atoms with E-state index in [4.69, 9.17) is 33.0 Å². The van der Waals surface area contributed by atoms with Gasteiger partial charge in [-0.25, -0.2) is 5.01 Å². The second-order valence-electron chi connectivity index (χ2n) is 6.83. The number of benzene rings is 3. The second-order valence-corrected chi connectivity index (χ2v) is 8.59. The molecule has 0 fully saturated rings. The average molecular weight is 474 g/mol. The number of ether oxygens (including phenoxy) is 1. The van der Waals surface area contributed by atoms with Gasteiger partial charge < -0.3 is 4.74 Å². The van der Waals surface area contributed by atoms with Gasteiger partial charge in [-0.05, 0) is 35.9 Å². The Morgan fingerprint density at radius 3 is 2.54 bits per heavy atom. The number of hydrazone groups is 1. The summed E-state index contributed by atoms with van der Waals surface area (Å²) in [5, 5.41) is 8.14. The van der Waals surface area contributed by atoms with E-state index in [9.17, 15) is 0 Å². The minimum absolute atomic E-state index is 0.0975. The lowest BCUT2D eigenvalue weighted by molar-refractivity contribution is -0.0189. The van der Waals surface area contributed by atoms with E-state index in [1.807, 2.05) is 47.5 Å². The van der Waals surface area contributed by atoms with E-state index in [2.05, 4.69) is 34.1 Å². The zero-order valence-corrected chi connectivity index (χ0v) is 17.7. The highest BCUT2D eigenvalue weighted by Gasteiger charge is 2.41.